The van der Waals surface area contributed by atoms with Crippen molar-refractivity contribution in [3.8, 4) is 0 Å². The molecule has 0 radical (unpaired) electrons. The fourth-order valence-corrected chi connectivity index (χ4v) is 6.37. The van der Waals surface area contributed by atoms with Crippen molar-refractivity contribution < 1.29 is 22.7 Å². The van der Waals surface area contributed by atoms with Crippen LogP contribution in [0.3, 0.4) is 0 Å². The molecule has 3 rings (SSSR count). The highest BCUT2D eigenvalue weighted by atomic mass is 32.2. The quantitative estimate of drug-likeness (QED) is 0.521. The first-order chi connectivity index (χ1) is 15.4. The minimum absolute atomic E-state index is 0.0457. The zero-order chi connectivity index (χ0) is 23.0. The molecule has 0 bridgehead atoms. The second kappa shape index (κ2) is 12.2. The van der Waals surface area contributed by atoms with Crippen LogP contribution in [0.5, 0.6) is 0 Å². The lowest BCUT2D eigenvalue weighted by Crippen LogP contribution is -2.56. The maximum absolute atomic E-state index is 13.1. The van der Waals surface area contributed by atoms with Gasteiger partial charge in [-0.2, -0.15) is 17.0 Å². The number of nitrogens with zero attached hydrogens (tertiary/aromatic N) is 4. The molecule has 0 aromatic rings. The molecule has 2 amide bonds. The molecule has 184 valence electrons. The van der Waals surface area contributed by atoms with E-state index in [1.165, 1.54) is 32.8 Å². The van der Waals surface area contributed by atoms with Gasteiger partial charge in [-0.15, -0.1) is 0 Å². The zero-order valence-corrected chi connectivity index (χ0v) is 20.2. The van der Waals surface area contributed by atoms with Crippen molar-refractivity contribution in [1.82, 2.24) is 23.7 Å². The van der Waals surface area contributed by atoms with Crippen molar-refractivity contribution in [2.24, 2.45) is 5.92 Å². The first-order valence-electron chi connectivity index (χ1n) is 12.1. The van der Waals surface area contributed by atoms with E-state index in [-0.39, 0.29) is 31.5 Å². The van der Waals surface area contributed by atoms with Crippen molar-refractivity contribution in [2.75, 3.05) is 72.1 Å². The summed E-state index contributed by atoms with van der Waals surface area (Å²) in [6.07, 6.45) is 5.74. The highest BCUT2D eigenvalue weighted by Crippen LogP contribution is 2.22. The molecule has 0 unspecified atom stereocenters. The lowest BCUT2D eigenvalue weighted by Gasteiger charge is -2.38. The molecule has 1 N–H and O–H groups in total. The SMILES string of the molecule is CCOC(=O)N1CCN(S(=O)(=O)N2CCC[C@H](C(=O)NCCCN3CCCCC3)C2)CC1. The summed E-state index contributed by atoms with van der Waals surface area (Å²) in [6, 6.07) is 0. The summed E-state index contributed by atoms with van der Waals surface area (Å²) in [5.41, 5.74) is 0. The van der Waals surface area contributed by atoms with Gasteiger partial charge >= 0.3 is 6.09 Å². The third-order valence-electron chi connectivity index (χ3n) is 6.57. The minimum atomic E-state index is -3.65. The van der Waals surface area contributed by atoms with E-state index >= 15 is 0 Å². The number of piperidine rings is 2. The Bertz CT molecular complexity index is 720. The number of piperazine rings is 1. The first-order valence-corrected chi connectivity index (χ1v) is 13.5. The van der Waals surface area contributed by atoms with Crippen LogP contribution in [0, 0.1) is 5.92 Å². The molecule has 0 spiro atoms. The number of hydrogen-bond donors (Lipinski definition) is 1. The normalized spacial score (nSPS) is 24.3. The first kappa shape index (κ1) is 25.2. The molecule has 3 saturated heterocycles. The van der Waals surface area contributed by atoms with Crippen LogP contribution in [-0.2, 0) is 19.7 Å². The number of rotatable bonds is 8. The summed E-state index contributed by atoms with van der Waals surface area (Å²) in [7, 11) is -3.65. The van der Waals surface area contributed by atoms with Crippen molar-refractivity contribution in [3.63, 3.8) is 0 Å². The van der Waals surface area contributed by atoms with E-state index in [2.05, 4.69) is 10.2 Å². The average Bonchev–Trinajstić information content (AvgIpc) is 2.82. The third-order valence-corrected chi connectivity index (χ3v) is 8.57. The van der Waals surface area contributed by atoms with Gasteiger partial charge in [-0.1, -0.05) is 6.42 Å². The van der Waals surface area contributed by atoms with Gasteiger partial charge in [0.1, 0.15) is 0 Å². The number of likely N-dealkylation sites (tertiary alicyclic amines) is 1. The zero-order valence-electron chi connectivity index (χ0n) is 19.3. The summed E-state index contributed by atoms with van der Waals surface area (Å²) in [5, 5.41) is 3.01. The van der Waals surface area contributed by atoms with Gasteiger partial charge < -0.3 is 19.9 Å². The van der Waals surface area contributed by atoms with Crippen LogP contribution in [-0.4, -0.2) is 111 Å². The lowest BCUT2D eigenvalue weighted by molar-refractivity contribution is -0.126. The highest BCUT2D eigenvalue weighted by Gasteiger charge is 2.37. The van der Waals surface area contributed by atoms with Crippen LogP contribution in [0.2, 0.25) is 0 Å². The van der Waals surface area contributed by atoms with Crippen molar-refractivity contribution in [3.05, 3.63) is 0 Å². The monoisotopic (exact) mass is 473 g/mol. The number of ether oxygens (including phenoxy) is 1. The van der Waals surface area contributed by atoms with Gasteiger partial charge in [0, 0.05) is 45.8 Å². The summed E-state index contributed by atoms with van der Waals surface area (Å²) < 4.78 is 34.1. The Hall–Kier alpha value is -1.43. The number of nitrogens with one attached hydrogen (secondary N) is 1. The van der Waals surface area contributed by atoms with Gasteiger partial charge in [-0.25, -0.2) is 4.79 Å². The molecule has 11 heteroatoms. The fraction of sp³-hybridized carbons (Fsp3) is 0.905. The summed E-state index contributed by atoms with van der Waals surface area (Å²) >= 11 is 0. The fourth-order valence-electron chi connectivity index (χ4n) is 4.69. The Labute approximate surface area is 192 Å². The molecule has 0 aromatic heterocycles. The second-order valence-corrected chi connectivity index (χ2v) is 10.8. The Kier molecular flexibility index (Phi) is 9.57. The summed E-state index contributed by atoms with van der Waals surface area (Å²) in [4.78, 5) is 28.5. The third kappa shape index (κ3) is 6.79. The number of carbonyl (C=O) groups is 2. The van der Waals surface area contributed by atoms with Crippen LogP contribution >= 0.6 is 0 Å². The number of hydrogen-bond acceptors (Lipinski definition) is 6. The predicted molar refractivity (Wildman–Crippen MR) is 121 cm³/mol. The van der Waals surface area contributed by atoms with E-state index in [9.17, 15) is 18.0 Å². The topological polar surface area (TPSA) is 102 Å². The van der Waals surface area contributed by atoms with E-state index in [1.54, 1.807) is 6.92 Å². The van der Waals surface area contributed by atoms with Crippen LogP contribution in [0.25, 0.3) is 0 Å². The maximum Gasteiger partial charge on any atom is 0.409 e. The van der Waals surface area contributed by atoms with Gasteiger partial charge in [-0.3, -0.25) is 4.79 Å². The second-order valence-electron chi connectivity index (χ2n) is 8.84. The Morgan fingerprint density at radius 2 is 1.66 bits per heavy atom. The maximum atomic E-state index is 13.1. The van der Waals surface area contributed by atoms with Crippen LogP contribution in [0.15, 0.2) is 0 Å². The molecule has 0 aliphatic carbocycles. The van der Waals surface area contributed by atoms with E-state index in [0.29, 0.717) is 45.6 Å². The van der Waals surface area contributed by atoms with Crippen LogP contribution in [0.1, 0.15) is 45.4 Å². The lowest BCUT2D eigenvalue weighted by atomic mass is 9.99. The number of carbonyl (C=O) groups excluding carboxylic acids is 2. The highest BCUT2D eigenvalue weighted by molar-refractivity contribution is 7.86. The molecule has 10 nitrogen and oxygen atoms in total. The molecular formula is C21H39N5O5S. The summed E-state index contributed by atoms with van der Waals surface area (Å²) in [5.74, 6) is -0.356. The van der Waals surface area contributed by atoms with E-state index in [0.717, 1.165) is 26.1 Å². The standard InChI is InChI=1S/C21H39N5O5S/c1-2-31-21(28)24-14-16-25(17-15-24)32(29,30)26-13-6-8-19(18-26)20(27)22-9-7-12-23-10-4-3-5-11-23/h19H,2-18H2,1H3,(H,22,27)/t19-/m0/s1. The molecule has 3 aliphatic heterocycles. The van der Waals surface area contributed by atoms with Gasteiger partial charge in [0.15, 0.2) is 0 Å². The predicted octanol–water partition coefficient (Wildman–Crippen LogP) is 0.710. The number of amides is 2. The molecule has 0 saturated carbocycles. The van der Waals surface area contributed by atoms with Gasteiger partial charge in [0.25, 0.3) is 10.2 Å². The minimum Gasteiger partial charge on any atom is -0.450 e. The van der Waals surface area contributed by atoms with Crippen molar-refractivity contribution in [2.45, 2.75) is 45.4 Å². The van der Waals surface area contributed by atoms with Crippen molar-refractivity contribution in [1.29, 1.82) is 0 Å². The smallest absolute Gasteiger partial charge is 0.409 e. The summed E-state index contributed by atoms with van der Waals surface area (Å²) in [6.45, 7) is 7.74. The Morgan fingerprint density at radius 3 is 2.34 bits per heavy atom. The van der Waals surface area contributed by atoms with Gasteiger partial charge in [0.2, 0.25) is 5.91 Å². The molecule has 32 heavy (non-hydrogen) atoms. The molecular weight excluding hydrogens is 434 g/mol. The molecule has 3 fully saturated rings. The molecule has 3 aliphatic rings. The van der Waals surface area contributed by atoms with E-state index < -0.39 is 16.3 Å². The van der Waals surface area contributed by atoms with E-state index in [4.69, 9.17) is 4.74 Å². The molecule has 1 atom stereocenters. The van der Waals surface area contributed by atoms with Crippen LogP contribution < -0.4 is 5.32 Å². The van der Waals surface area contributed by atoms with Gasteiger partial charge in [-0.05, 0) is 58.7 Å². The molecule has 3 heterocycles. The average molecular weight is 474 g/mol. The Balaban J connectivity index is 1.42. The van der Waals surface area contributed by atoms with Crippen molar-refractivity contribution >= 4 is 22.2 Å². The Morgan fingerprint density at radius 1 is 0.938 bits per heavy atom. The molecule has 0 aromatic carbocycles. The van der Waals surface area contributed by atoms with Crippen LogP contribution in [0.4, 0.5) is 4.79 Å². The van der Waals surface area contributed by atoms with Gasteiger partial charge in [0.05, 0.1) is 12.5 Å². The van der Waals surface area contributed by atoms with E-state index in [1.807, 2.05) is 0 Å². The largest absolute Gasteiger partial charge is 0.450 e.